The molecule has 4 nitrogen and oxygen atoms in total. The van der Waals surface area contributed by atoms with Crippen LogP contribution in [0.3, 0.4) is 0 Å². The summed E-state index contributed by atoms with van der Waals surface area (Å²) in [5.74, 6) is -0.380. The maximum atomic E-state index is 11.4. The zero-order chi connectivity index (χ0) is 9.97. The van der Waals surface area contributed by atoms with Gasteiger partial charge in [0.1, 0.15) is 0 Å². The third-order valence-corrected chi connectivity index (χ3v) is 2.61. The van der Waals surface area contributed by atoms with Gasteiger partial charge < -0.3 is 4.74 Å². The van der Waals surface area contributed by atoms with Crippen molar-refractivity contribution in [2.24, 2.45) is 0 Å². The van der Waals surface area contributed by atoms with Gasteiger partial charge >= 0.3 is 0 Å². The molecule has 2 heterocycles. The fourth-order valence-corrected chi connectivity index (χ4v) is 1.88. The highest BCUT2D eigenvalue weighted by molar-refractivity contribution is 6.13. The van der Waals surface area contributed by atoms with Crippen molar-refractivity contribution < 1.29 is 14.3 Å². The van der Waals surface area contributed by atoms with Gasteiger partial charge in [0.15, 0.2) is 0 Å². The van der Waals surface area contributed by atoms with Crippen LogP contribution in [0.15, 0.2) is 11.1 Å². The van der Waals surface area contributed by atoms with Crippen molar-refractivity contribution in [2.45, 2.75) is 25.7 Å². The first-order valence-corrected chi connectivity index (χ1v) is 4.90. The Kier molecular flexibility index (Phi) is 2.63. The highest BCUT2D eigenvalue weighted by Gasteiger charge is 2.27. The molecule has 2 aliphatic heterocycles. The number of carbonyl (C=O) groups excluding carboxylic acids is 2. The van der Waals surface area contributed by atoms with Gasteiger partial charge in [-0.2, -0.15) is 0 Å². The molecule has 0 unspecified atom stereocenters. The molecule has 0 aromatic rings. The fraction of sp³-hybridized carbons (Fsp3) is 0.600. The van der Waals surface area contributed by atoms with E-state index >= 15 is 0 Å². The Labute approximate surface area is 82.3 Å². The summed E-state index contributed by atoms with van der Waals surface area (Å²) in [6.45, 7) is 1.42. The van der Waals surface area contributed by atoms with Crippen molar-refractivity contribution in [3.8, 4) is 0 Å². The Balaban J connectivity index is 2.19. The number of nitrogens with one attached hydrogen (secondary N) is 1. The van der Waals surface area contributed by atoms with Gasteiger partial charge in [0.05, 0.1) is 13.0 Å². The highest BCUT2D eigenvalue weighted by Crippen LogP contribution is 2.23. The summed E-state index contributed by atoms with van der Waals surface area (Å²) in [5.41, 5.74) is 1.78. The summed E-state index contributed by atoms with van der Waals surface area (Å²) < 4.78 is 5.30. The topological polar surface area (TPSA) is 55.4 Å². The summed E-state index contributed by atoms with van der Waals surface area (Å²) in [4.78, 5) is 22.4. The Hall–Kier alpha value is -1.16. The summed E-state index contributed by atoms with van der Waals surface area (Å²) in [6, 6.07) is 0. The smallest absolute Gasteiger partial charge is 0.254 e. The molecule has 0 atom stereocenters. The summed E-state index contributed by atoms with van der Waals surface area (Å²) >= 11 is 0. The number of carbonyl (C=O) groups is 2. The van der Waals surface area contributed by atoms with E-state index in [4.69, 9.17) is 4.74 Å². The van der Waals surface area contributed by atoms with E-state index in [0.29, 0.717) is 12.2 Å². The molecule has 4 heteroatoms. The second kappa shape index (κ2) is 3.92. The lowest BCUT2D eigenvalue weighted by Gasteiger charge is -2.03. The van der Waals surface area contributed by atoms with E-state index in [9.17, 15) is 9.59 Å². The lowest BCUT2D eigenvalue weighted by Crippen LogP contribution is -2.19. The molecule has 0 saturated carbocycles. The van der Waals surface area contributed by atoms with Crippen molar-refractivity contribution in [1.82, 2.24) is 5.32 Å². The van der Waals surface area contributed by atoms with Gasteiger partial charge in [-0.3, -0.25) is 14.9 Å². The van der Waals surface area contributed by atoms with Crippen LogP contribution in [-0.2, 0) is 14.3 Å². The average molecular weight is 195 g/mol. The molecule has 2 saturated heterocycles. The summed E-state index contributed by atoms with van der Waals surface area (Å²) in [5, 5.41) is 2.31. The van der Waals surface area contributed by atoms with E-state index in [1.165, 1.54) is 0 Å². The Morgan fingerprint density at radius 2 is 2.00 bits per heavy atom. The number of imide groups is 1. The Morgan fingerprint density at radius 3 is 2.71 bits per heavy atom. The van der Waals surface area contributed by atoms with E-state index in [2.05, 4.69) is 5.32 Å². The van der Waals surface area contributed by atoms with Crippen molar-refractivity contribution in [3.05, 3.63) is 11.1 Å². The van der Waals surface area contributed by atoms with Gasteiger partial charge in [-0.25, -0.2) is 0 Å². The monoisotopic (exact) mass is 195 g/mol. The normalized spacial score (nSPS) is 28.9. The Morgan fingerprint density at radius 1 is 1.14 bits per heavy atom. The second-order valence-corrected chi connectivity index (χ2v) is 3.60. The number of amides is 2. The van der Waals surface area contributed by atoms with Gasteiger partial charge in [-0.05, 0) is 19.3 Å². The number of hydrogen-bond donors (Lipinski definition) is 1. The molecule has 0 aliphatic carbocycles. The quantitative estimate of drug-likeness (QED) is 0.453. The molecule has 2 fully saturated rings. The SMILES string of the molecule is O=C1C/C(=C2\CCCOCC2)C(=O)N1. The zero-order valence-corrected chi connectivity index (χ0v) is 7.97. The van der Waals surface area contributed by atoms with Gasteiger partial charge in [0, 0.05) is 12.2 Å². The largest absolute Gasteiger partial charge is 0.381 e. The highest BCUT2D eigenvalue weighted by atomic mass is 16.5. The van der Waals surface area contributed by atoms with Crippen molar-refractivity contribution >= 4 is 11.8 Å². The molecule has 2 rings (SSSR count). The molecule has 76 valence electrons. The van der Waals surface area contributed by atoms with Gasteiger partial charge in [-0.1, -0.05) is 5.57 Å². The molecule has 1 N–H and O–H groups in total. The van der Waals surface area contributed by atoms with Crippen LogP contribution in [0.1, 0.15) is 25.7 Å². The van der Waals surface area contributed by atoms with Crippen LogP contribution in [-0.4, -0.2) is 25.0 Å². The van der Waals surface area contributed by atoms with Crippen LogP contribution in [0.4, 0.5) is 0 Å². The first-order valence-electron chi connectivity index (χ1n) is 4.90. The molecule has 2 aliphatic rings. The van der Waals surface area contributed by atoms with Gasteiger partial charge in [-0.15, -0.1) is 0 Å². The first-order chi connectivity index (χ1) is 6.77. The van der Waals surface area contributed by atoms with Gasteiger partial charge in [0.25, 0.3) is 5.91 Å². The molecule has 0 aromatic heterocycles. The average Bonchev–Trinajstić information content (AvgIpc) is 2.43. The summed E-state index contributed by atoms with van der Waals surface area (Å²) in [6.07, 6.45) is 2.88. The lowest BCUT2D eigenvalue weighted by molar-refractivity contribution is -0.124. The molecule has 0 aromatic carbocycles. The van der Waals surface area contributed by atoms with E-state index in [-0.39, 0.29) is 18.2 Å². The number of hydrogen-bond acceptors (Lipinski definition) is 3. The minimum atomic E-state index is -0.202. The maximum Gasteiger partial charge on any atom is 0.254 e. The number of rotatable bonds is 0. The first kappa shape index (κ1) is 9.40. The molecule has 0 spiro atoms. The van der Waals surface area contributed by atoms with Gasteiger partial charge in [0.2, 0.25) is 5.91 Å². The van der Waals surface area contributed by atoms with Crippen molar-refractivity contribution in [3.63, 3.8) is 0 Å². The van der Waals surface area contributed by atoms with Crippen molar-refractivity contribution in [2.75, 3.05) is 13.2 Å². The van der Waals surface area contributed by atoms with E-state index in [1.54, 1.807) is 0 Å². The van der Waals surface area contributed by atoms with Crippen LogP contribution in [0.25, 0.3) is 0 Å². The van der Waals surface area contributed by atoms with Crippen LogP contribution in [0, 0.1) is 0 Å². The van der Waals surface area contributed by atoms with E-state index in [0.717, 1.165) is 31.4 Å². The fourth-order valence-electron chi connectivity index (χ4n) is 1.88. The number of ether oxygens (including phenoxy) is 1. The maximum absolute atomic E-state index is 11.4. The molecule has 2 amide bonds. The Bertz CT molecular complexity index is 296. The molecule has 14 heavy (non-hydrogen) atoms. The predicted octanol–water partition coefficient (Wildman–Crippen LogP) is 0.530. The lowest BCUT2D eigenvalue weighted by atomic mass is 10.00. The molecule has 0 bridgehead atoms. The van der Waals surface area contributed by atoms with Crippen LogP contribution in [0.2, 0.25) is 0 Å². The van der Waals surface area contributed by atoms with E-state index in [1.807, 2.05) is 0 Å². The molecule has 0 radical (unpaired) electrons. The molecular formula is C10H13NO3. The van der Waals surface area contributed by atoms with E-state index < -0.39 is 0 Å². The second-order valence-electron chi connectivity index (χ2n) is 3.60. The van der Waals surface area contributed by atoms with Crippen molar-refractivity contribution in [1.29, 1.82) is 0 Å². The third-order valence-electron chi connectivity index (χ3n) is 2.61. The van der Waals surface area contributed by atoms with Crippen LogP contribution in [0.5, 0.6) is 0 Å². The predicted molar refractivity (Wildman–Crippen MR) is 49.5 cm³/mol. The third kappa shape index (κ3) is 1.85. The minimum absolute atomic E-state index is 0.178. The minimum Gasteiger partial charge on any atom is -0.381 e. The zero-order valence-electron chi connectivity index (χ0n) is 7.97. The summed E-state index contributed by atoms with van der Waals surface area (Å²) in [7, 11) is 0. The van der Waals surface area contributed by atoms with Crippen LogP contribution >= 0.6 is 0 Å². The van der Waals surface area contributed by atoms with Crippen LogP contribution < -0.4 is 5.32 Å². The standard InChI is InChI=1S/C10H13NO3/c12-9-6-8(10(13)11-9)7-2-1-4-14-5-3-7/h1-6H2,(H,11,12,13)/b8-7-. The molecular weight excluding hydrogens is 182 g/mol.